The lowest BCUT2D eigenvalue weighted by molar-refractivity contribution is 0.00578. The number of hydrogen-bond acceptors (Lipinski definition) is 2. The summed E-state index contributed by atoms with van der Waals surface area (Å²) in [6.07, 6.45) is 8.88. The molecule has 2 aromatic rings. The van der Waals surface area contributed by atoms with E-state index in [1.54, 1.807) is 0 Å². The van der Waals surface area contributed by atoms with E-state index in [1.807, 2.05) is 0 Å². The van der Waals surface area contributed by atoms with Gasteiger partial charge < -0.3 is 9.31 Å². The molecule has 2 aromatic carbocycles. The molecule has 27 heavy (non-hydrogen) atoms. The van der Waals surface area contributed by atoms with Crippen molar-refractivity contribution in [2.45, 2.75) is 50.7 Å². The van der Waals surface area contributed by atoms with E-state index < -0.39 is 0 Å². The molecule has 0 N–H and O–H groups in total. The van der Waals surface area contributed by atoms with Crippen molar-refractivity contribution in [2.24, 2.45) is 0 Å². The zero-order valence-electron chi connectivity index (χ0n) is 16.6. The molecule has 1 fully saturated rings. The molecule has 0 spiro atoms. The fraction of sp³-hybridized carbons (Fsp3) is 0.333. The molecular weight excluding hydrogens is 331 g/mol. The average Bonchev–Trinajstić information content (AvgIpc) is 2.90. The van der Waals surface area contributed by atoms with E-state index in [-0.39, 0.29) is 18.3 Å². The zero-order chi connectivity index (χ0) is 19.1. The normalized spacial score (nSPS) is 25.7. The van der Waals surface area contributed by atoms with Crippen molar-refractivity contribution in [2.75, 3.05) is 0 Å². The largest absolute Gasteiger partial charge is 0.494 e. The predicted octanol–water partition coefficient (Wildman–Crippen LogP) is 4.98. The van der Waals surface area contributed by atoms with Crippen LogP contribution >= 0.6 is 0 Å². The molecule has 0 saturated carbocycles. The van der Waals surface area contributed by atoms with E-state index >= 15 is 0 Å². The molecule has 4 rings (SSSR count). The van der Waals surface area contributed by atoms with E-state index in [0.29, 0.717) is 11.8 Å². The van der Waals surface area contributed by atoms with Gasteiger partial charge in [0.15, 0.2) is 0 Å². The minimum absolute atomic E-state index is 0.309. The average molecular weight is 358 g/mol. The molecule has 0 bridgehead atoms. The van der Waals surface area contributed by atoms with Crippen LogP contribution in [0.25, 0.3) is 0 Å². The Balaban J connectivity index is 1.57. The molecular formula is C24H27BO2. The molecule has 1 aliphatic carbocycles. The monoisotopic (exact) mass is 358 g/mol. The van der Waals surface area contributed by atoms with Gasteiger partial charge in [-0.05, 0) is 44.3 Å². The van der Waals surface area contributed by atoms with Crippen molar-refractivity contribution in [3.8, 4) is 0 Å². The van der Waals surface area contributed by atoms with Crippen LogP contribution in [0.15, 0.2) is 78.9 Å². The van der Waals surface area contributed by atoms with E-state index in [0.717, 1.165) is 5.46 Å². The quantitative estimate of drug-likeness (QED) is 0.721. The summed E-state index contributed by atoms with van der Waals surface area (Å²) in [5, 5.41) is 0. The molecule has 0 radical (unpaired) electrons. The first-order valence-electron chi connectivity index (χ1n) is 9.73. The van der Waals surface area contributed by atoms with E-state index in [9.17, 15) is 0 Å². The van der Waals surface area contributed by atoms with Crippen LogP contribution in [0.2, 0.25) is 0 Å². The molecule has 0 aromatic heterocycles. The summed E-state index contributed by atoms with van der Waals surface area (Å²) in [5.41, 5.74) is 3.10. The Labute approximate surface area is 163 Å². The standard InChI is InChI=1S/C24H27BO2/c1-23(2)24(3,4)27-25(26-23)20-16-14-19(15-17-20)22-13-9-8-12-21(22)18-10-6-5-7-11-18/h5-17,21-22H,1-4H3. The van der Waals surface area contributed by atoms with E-state index in [4.69, 9.17) is 9.31 Å². The lowest BCUT2D eigenvalue weighted by Crippen LogP contribution is -2.41. The first-order valence-corrected chi connectivity index (χ1v) is 9.73. The highest BCUT2D eigenvalue weighted by Crippen LogP contribution is 2.38. The van der Waals surface area contributed by atoms with Gasteiger partial charge in [-0.1, -0.05) is 78.9 Å². The lowest BCUT2D eigenvalue weighted by atomic mass is 9.75. The highest BCUT2D eigenvalue weighted by Gasteiger charge is 2.51. The fourth-order valence-electron chi connectivity index (χ4n) is 3.77. The second kappa shape index (κ2) is 6.81. The molecule has 0 amide bonds. The number of benzene rings is 2. The summed E-state index contributed by atoms with van der Waals surface area (Å²) in [6.45, 7) is 8.35. The van der Waals surface area contributed by atoms with Gasteiger partial charge in [-0.15, -0.1) is 0 Å². The van der Waals surface area contributed by atoms with Crippen LogP contribution < -0.4 is 5.46 Å². The Hall–Kier alpha value is -2.10. The zero-order valence-corrected chi connectivity index (χ0v) is 16.6. The number of allylic oxidation sites excluding steroid dienone is 4. The van der Waals surface area contributed by atoms with E-state index in [2.05, 4.69) is 107 Å². The van der Waals surface area contributed by atoms with Crippen molar-refractivity contribution in [1.82, 2.24) is 0 Å². The van der Waals surface area contributed by atoms with Gasteiger partial charge in [0.05, 0.1) is 11.2 Å². The van der Waals surface area contributed by atoms with Gasteiger partial charge in [0.1, 0.15) is 0 Å². The highest BCUT2D eigenvalue weighted by atomic mass is 16.7. The third-order valence-electron chi connectivity index (χ3n) is 6.17. The molecule has 3 heteroatoms. The Morgan fingerprint density at radius 1 is 0.667 bits per heavy atom. The van der Waals surface area contributed by atoms with Crippen LogP contribution in [0.3, 0.4) is 0 Å². The summed E-state index contributed by atoms with van der Waals surface area (Å²) >= 11 is 0. The van der Waals surface area contributed by atoms with Gasteiger partial charge >= 0.3 is 7.12 Å². The third-order valence-corrected chi connectivity index (χ3v) is 6.17. The van der Waals surface area contributed by atoms with Crippen molar-refractivity contribution < 1.29 is 9.31 Å². The van der Waals surface area contributed by atoms with Gasteiger partial charge in [-0.2, -0.15) is 0 Å². The minimum Gasteiger partial charge on any atom is -0.399 e. The Morgan fingerprint density at radius 3 is 1.67 bits per heavy atom. The maximum atomic E-state index is 6.18. The van der Waals surface area contributed by atoms with Gasteiger partial charge in [0, 0.05) is 11.8 Å². The van der Waals surface area contributed by atoms with Gasteiger partial charge in [0.25, 0.3) is 0 Å². The molecule has 2 unspecified atom stereocenters. The summed E-state index contributed by atoms with van der Waals surface area (Å²) < 4.78 is 12.4. The Bertz CT molecular complexity index is 834. The predicted molar refractivity (Wildman–Crippen MR) is 112 cm³/mol. The number of rotatable bonds is 3. The van der Waals surface area contributed by atoms with Crippen LogP contribution in [0.4, 0.5) is 0 Å². The smallest absolute Gasteiger partial charge is 0.399 e. The summed E-state index contributed by atoms with van der Waals surface area (Å²) in [5.74, 6) is 0.698. The molecule has 1 aliphatic heterocycles. The summed E-state index contributed by atoms with van der Waals surface area (Å²) in [6, 6.07) is 19.4. The summed E-state index contributed by atoms with van der Waals surface area (Å²) in [7, 11) is -0.309. The lowest BCUT2D eigenvalue weighted by Gasteiger charge is -2.32. The number of hydrogen-bond donors (Lipinski definition) is 0. The highest BCUT2D eigenvalue weighted by molar-refractivity contribution is 6.62. The molecule has 1 saturated heterocycles. The summed E-state index contributed by atoms with van der Waals surface area (Å²) in [4.78, 5) is 0. The maximum Gasteiger partial charge on any atom is 0.494 e. The maximum absolute atomic E-state index is 6.18. The topological polar surface area (TPSA) is 18.5 Å². The molecule has 1 heterocycles. The van der Waals surface area contributed by atoms with Crippen molar-refractivity contribution in [3.63, 3.8) is 0 Å². The van der Waals surface area contributed by atoms with Crippen LogP contribution in [-0.4, -0.2) is 18.3 Å². The third kappa shape index (κ3) is 3.42. The minimum atomic E-state index is -0.314. The van der Waals surface area contributed by atoms with E-state index in [1.165, 1.54) is 11.1 Å². The molecule has 138 valence electrons. The van der Waals surface area contributed by atoms with Gasteiger partial charge in [-0.3, -0.25) is 0 Å². The first kappa shape index (κ1) is 18.3. The van der Waals surface area contributed by atoms with Crippen molar-refractivity contribution in [1.29, 1.82) is 0 Å². The van der Waals surface area contributed by atoms with Crippen LogP contribution in [0, 0.1) is 0 Å². The van der Waals surface area contributed by atoms with Gasteiger partial charge in [-0.25, -0.2) is 0 Å². The van der Waals surface area contributed by atoms with Crippen molar-refractivity contribution in [3.05, 3.63) is 90.0 Å². The fourth-order valence-corrected chi connectivity index (χ4v) is 3.77. The second-order valence-electron chi connectivity index (χ2n) is 8.49. The SMILES string of the molecule is CC1(C)OB(c2ccc(C3C=CC=CC3c3ccccc3)cc2)OC1(C)C. The van der Waals surface area contributed by atoms with Crippen LogP contribution in [-0.2, 0) is 9.31 Å². The molecule has 2 aliphatic rings. The Morgan fingerprint density at radius 2 is 1.15 bits per heavy atom. The second-order valence-corrected chi connectivity index (χ2v) is 8.49. The Kier molecular flexibility index (Phi) is 4.61. The van der Waals surface area contributed by atoms with Crippen LogP contribution in [0.5, 0.6) is 0 Å². The molecule has 2 atom stereocenters. The van der Waals surface area contributed by atoms with Crippen molar-refractivity contribution >= 4 is 12.6 Å². The molecule has 2 nitrogen and oxygen atoms in total. The first-order chi connectivity index (χ1) is 12.9. The van der Waals surface area contributed by atoms with Gasteiger partial charge in [0.2, 0.25) is 0 Å². The van der Waals surface area contributed by atoms with Crippen LogP contribution in [0.1, 0.15) is 50.7 Å².